The van der Waals surface area contributed by atoms with Crippen LogP contribution in [0.1, 0.15) is 18.5 Å². The number of halogens is 2. The van der Waals surface area contributed by atoms with E-state index in [2.05, 4.69) is 15.9 Å². The van der Waals surface area contributed by atoms with Crippen molar-refractivity contribution in [2.24, 2.45) is 5.73 Å². The molecule has 0 unspecified atom stereocenters. The topological polar surface area (TPSA) is 35.2 Å². The maximum absolute atomic E-state index is 13.4. The molecule has 0 spiro atoms. The monoisotopic (exact) mass is 247 g/mol. The molecule has 1 aromatic rings. The number of rotatable bonds is 2. The molecule has 1 aromatic carbocycles. The normalized spacial score (nSPS) is 12.7. The average molecular weight is 248 g/mol. The van der Waals surface area contributed by atoms with Crippen molar-refractivity contribution in [3.05, 3.63) is 28.0 Å². The minimum atomic E-state index is -0.405. The summed E-state index contributed by atoms with van der Waals surface area (Å²) < 4.78 is 18.7. The molecular formula is C9H11BrFNO. The summed E-state index contributed by atoms with van der Waals surface area (Å²) in [4.78, 5) is 0. The van der Waals surface area contributed by atoms with Gasteiger partial charge in [0.2, 0.25) is 0 Å². The van der Waals surface area contributed by atoms with Crippen LogP contribution in [0.15, 0.2) is 16.6 Å². The van der Waals surface area contributed by atoms with Crippen molar-refractivity contribution >= 4 is 15.9 Å². The summed E-state index contributed by atoms with van der Waals surface area (Å²) in [6.07, 6.45) is 0. The predicted octanol–water partition coefficient (Wildman–Crippen LogP) is 2.62. The van der Waals surface area contributed by atoms with E-state index in [1.54, 1.807) is 19.1 Å². The fraction of sp³-hybridized carbons (Fsp3) is 0.333. The van der Waals surface area contributed by atoms with Crippen LogP contribution in [0.4, 0.5) is 4.39 Å². The van der Waals surface area contributed by atoms with E-state index in [4.69, 9.17) is 10.5 Å². The largest absolute Gasteiger partial charge is 0.493 e. The summed E-state index contributed by atoms with van der Waals surface area (Å²) in [5.74, 6) is -0.193. The molecule has 4 heteroatoms. The zero-order valence-corrected chi connectivity index (χ0v) is 9.06. The van der Waals surface area contributed by atoms with Crippen molar-refractivity contribution in [1.82, 2.24) is 0 Å². The van der Waals surface area contributed by atoms with Gasteiger partial charge < -0.3 is 10.5 Å². The molecule has 0 amide bonds. The van der Waals surface area contributed by atoms with Gasteiger partial charge >= 0.3 is 0 Å². The fourth-order valence-corrected chi connectivity index (χ4v) is 1.43. The Morgan fingerprint density at radius 3 is 2.62 bits per heavy atom. The van der Waals surface area contributed by atoms with Crippen LogP contribution in [-0.4, -0.2) is 7.11 Å². The number of benzene rings is 1. The van der Waals surface area contributed by atoms with Crippen molar-refractivity contribution in [3.8, 4) is 5.75 Å². The number of methoxy groups -OCH3 is 1. The molecule has 0 aliphatic rings. The molecule has 0 saturated carbocycles. The van der Waals surface area contributed by atoms with E-state index in [9.17, 15) is 4.39 Å². The van der Waals surface area contributed by atoms with E-state index >= 15 is 0 Å². The second-order valence-corrected chi connectivity index (χ2v) is 3.63. The van der Waals surface area contributed by atoms with E-state index < -0.39 is 5.82 Å². The zero-order valence-electron chi connectivity index (χ0n) is 7.47. The Balaban J connectivity index is 3.30. The van der Waals surface area contributed by atoms with Gasteiger partial charge in [-0.15, -0.1) is 0 Å². The highest BCUT2D eigenvalue weighted by Crippen LogP contribution is 2.31. The summed E-state index contributed by atoms with van der Waals surface area (Å²) in [7, 11) is 1.43. The molecule has 0 aliphatic heterocycles. The summed E-state index contributed by atoms with van der Waals surface area (Å²) in [5.41, 5.74) is 6.32. The lowest BCUT2D eigenvalue weighted by atomic mass is 10.1. The van der Waals surface area contributed by atoms with Gasteiger partial charge in [-0.25, -0.2) is 4.39 Å². The number of hydrogen-bond donors (Lipinski definition) is 1. The van der Waals surface area contributed by atoms with Crippen LogP contribution < -0.4 is 10.5 Å². The highest BCUT2D eigenvalue weighted by atomic mass is 79.9. The van der Waals surface area contributed by atoms with Crippen LogP contribution in [-0.2, 0) is 0 Å². The Kier molecular flexibility index (Phi) is 3.27. The lowest BCUT2D eigenvalue weighted by Crippen LogP contribution is -2.08. The van der Waals surface area contributed by atoms with Gasteiger partial charge in [0.1, 0.15) is 0 Å². The van der Waals surface area contributed by atoms with Crippen LogP contribution in [0.2, 0.25) is 0 Å². The first-order valence-corrected chi connectivity index (χ1v) is 4.64. The average Bonchev–Trinajstić information content (AvgIpc) is 2.09. The third-order valence-electron chi connectivity index (χ3n) is 1.78. The first kappa shape index (κ1) is 10.5. The van der Waals surface area contributed by atoms with Crippen molar-refractivity contribution in [1.29, 1.82) is 0 Å². The number of hydrogen-bond acceptors (Lipinski definition) is 2. The SMILES string of the molecule is COc1c([C@H](C)N)ccc(Br)c1F. The van der Waals surface area contributed by atoms with E-state index in [1.807, 2.05) is 0 Å². The van der Waals surface area contributed by atoms with Crippen molar-refractivity contribution < 1.29 is 9.13 Å². The Morgan fingerprint density at radius 2 is 2.15 bits per heavy atom. The predicted molar refractivity (Wildman–Crippen MR) is 53.3 cm³/mol. The highest BCUT2D eigenvalue weighted by molar-refractivity contribution is 9.10. The summed E-state index contributed by atoms with van der Waals surface area (Å²) in [5, 5.41) is 0. The third kappa shape index (κ3) is 2.00. The number of nitrogens with two attached hydrogens (primary N) is 1. The highest BCUT2D eigenvalue weighted by Gasteiger charge is 2.14. The van der Waals surface area contributed by atoms with E-state index in [0.717, 1.165) is 0 Å². The smallest absolute Gasteiger partial charge is 0.179 e. The summed E-state index contributed by atoms with van der Waals surface area (Å²) in [6, 6.07) is 3.13. The van der Waals surface area contributed by atoms with Gasteiger partial charge in [-0.2, -0.15) is 0 Å². The molecule has 72 valence electrons. The van der Waals surface area contributed by atoms with Crippen LogP contribution >= 0.6 is 15.9 Å². The Hall–Kier alpha value is -0.610. The van der Waals surface area contributed by atoms with Crippen molar-refractivity contribution in [2.45, 2.75) is 13.0 Å². The Morgan fingerprint density at radius 1 is 1.54 bits per heavy atom. The second-order valence-electron chi connectivity index (χ2n) is 2.77. The molecule has 1 atom stereocenters. The van der Waals surface area contributed by atoms with Crippen LogP contribution in [0, 0.1) is 5.82 Å². The molecule has 0 bridgehead atoms. The molecule has 0 heterocycles. The van der Waals surface area contributed by atoms with Gasteiger partial charge in [-0.05, 0) is 28.9 Å². The molecular weight excluding hydrogens is 237 g/mol. The van der Waals surface area contributed by atoms with Crippen LogP contribution in [0.5, 0.6) is 5.75 Å². The standard InChI is InChI=1S/C9H11BrFNO/c1-5(12)6-3-4-7(10)8(11)9(6)13-2/h3-5H,12H2,1-2H3/t5-/m0/s1. The number of ether oxygens (including phenoxy) is 1. The van der Waals surface area contributed by atoms with Gasteiger partial charge in [0.25, 0.3) is 0 Å². The third-order valence-corrected chi connectivity index (χ3v) is 2.39. The zero-order chi connectivity index (χ0) is 10.0. The maximum Gasteiger partial charge on any atom is 0.179 e. The maximum atomic E-state index is 13.4. The van der Waals surface area contributed by atoms with Crippen molar-refractivity contribution in [3.63, 3.8) is 0 Å². The molecule has 0 saturated heterocycles. The second kappa shape index (κ2) is 4.07. The molecule has 13 heavy (non-hydrogen) atoms. The molecule has 0 radical (unpaired) electrons. The minimum absolute atomic E-state index is 0.212. The van der Waals surface area contributed by atoms with Crippen LogP contribution in [0.3, 0.4) is 0 Å². The Labute approximate surface area is 85.0 Å². The first-order chi connectivity index (χ1) is 6.07. The minimum Gasteiger partial charge on any atom is -0.493 e. The van der Waals surface area contributed by atoms with E-state index in [-0.39, 0.29) is 11.8 Å². The molecule has 2 N–H and O–H groups in total. The van der Waals surface area contributed by atoms with Gasteiger partial charge in [-0.1, -0.05) is 6.07 Å². The molecule has 2 nitrogen and oxygen atoms in total. The van der Waals surface area contributed by atoms with E-state index in [0.29, 0.717) is 10.0 Å². The first-order valence-electron chi connectivity index (χ1n) is 3.85. The van der Waals surface area contributed by atoms with Gasteiger partial charge in [0.05, 0.1) is 11.6 Å². The molecule has 0 aromatic heterocycles. The van der Waals surface area contributed by atoms with Gasteiger partial charge in [0.15, 0.2) is 11.6 Å². The van der Waals surface area contributed by atoms with Crippen molar-refractivity contribution in [2.75, 3.05) is 7.11 Å². The van der Waals surface area contributed by atoms with E-state index in [1.165, 1.54) is 7.11 Å². The fourth-order valence-electron chi connectivity index (χ4n) is 1.11. The Bertz CT molecular complexity index is 315. The molecule has 0 fully saturated rings. The van der Waals surface area contributed by atoms with Crippen LogP contribution in [0.25, 0.3) is 0 Å². The summed E-state index contributed by atoms with van der Waals surface area (Å²) >= 11 is 3.07. The molecule has 1 rings (SSSR count). The van der Waals surface area contributed by atoms with Gasteiger partial charge in [0, 0.05) is 11.6 Å². The lowest BCUT2D eigenvalue weighted by molar-refractivity contribution is 0.377. The molecule has 0 aliphatic carbocycles. The van der Waals surface area contributed by atoms with Gasteiger partial charge in [-0.3, -0.25) is 0 Å². The lowest BCUT2D eigenvalue weighted by Gasteiger charge is -2.12. The summed E-state index contributed by atoms with van der Waals surface area (Å²) in [6.45, 7) is 1.78. The quantitative estimate of drug-likeness (QED) is 0.873.